The fourth-order valence-corrected chi connectivity index (χ4v) is 2.77. The Balaban J connectivity index is 1.55. The summed E-state index contributed by atoms with van der Waals surface area (Å²) in [6, 6.07) is 15.1. The van der Waals surface area contributed by atoms with E-state index in [9.17, 15) is 4.79 Å². The van der Waals surface area contributed by atoms with Crippen molar-refractivity contribution in [3.8, 4) is 5.69 Å². The fourth-order valence-electron chi connectivity index (χ4n) is 2.77. The molecule has 6 nitrogen and oxygen atoms in total. The maximum absolute atomic E-state index is 12.6. The monoisotopic (exact) mass is 331 g/mol. The van der Waals surface area contributed by atoms with Crippen molar-refractivity contribution in [1.82, 2.24) is 14.9 Å². The van der Waals surface area contributed by atoms with Gasteiger partial charge in [0.05, 0.1) is 18.6 Å². The molecule has 0 fully saturated rings. The van der Waals surface area contributed by atoms with Gasteiger partial charge in [-0.1, -0.05) is 12.1 Å². The van der Waals surface area contributed by atoms with Crippen LogP contribution in [-0.4, -0.2) is 34.4 Å². The third-order valence-electron chi connectivity index (χ3n) is 4.04. The van der Waals surface area contributed by atoms with Gasteiger partial charge in [-0.25, -0.2) is 4.98 Å². The number of hydrogen-bond acceptors (Lipinski definition) is 4. The lowest BCUT2D eigenvalue weighted by atomic mass is 10.1. The van der Waals surface area contributed by atoms with Gasteiger partial charge in [-0.05, 0) is 36.4 Å². The van der Waals surface area contributed by atoms with Crippen molar-refractivity contribution in [3.63, 3.8) is 0 Å². The van der Waals surface area contributed by atoms with E-state index in [4.69, 9.17) is 0 Å². The highest BCUT2D eigenvalue weighted by Crippen LogP contribution is 2.18. The summed E-state index contributed by atoms with van der Waals surface area (Å²) >= 11 is 0. The number of carbonyl (C=O) groups is 1. The maximum atomic E-state index is 12.6. The Morgan fingerprint density at radius 2 is 1.96 bits per heavy atom. The minimum Gasteiger partial charge on any atom is -0.368 e. The third-order valence-corrected chi connectivity index (χ3v) is 4.04. The van der Waals surface area contributed by atoms with Crippen molar-refractivity contribution < 1.29 is 4.79 Å². The van der Waals surface area contributed by atoms with Crippen LogP contribution in [0.4, 0.5) is 5.69 Å². The molecule has 2 heterocycles. The van der Waals surface area contributed by atoms with Crippen LogP contribution >= 0.6 is 0 Å². The Morgan fingerprint density at radius 3 is 2.68 bits per heavy atom. The Bertz CT molecular complexity index is 913. The zero-order valence-electron chi connectivity index (χ0n) is 13.5. The van der Waals surface area contributed by atoms with E-state index in [0.29, 0.717) is 5.56 Å². The van der Waals surface area contributed by atoms with Crippen LogP contribution in [-0.2, 0) is 0 Å². The van der Waals surface area contributed by atoms with E-state index in [1.54, 1.807) is 24.7 Å². The lowest BCUT2D eigenvalue weighted by molar-refractivity contribution is 0.102. The van der Waals surface area contributed by atoms with Gasteiger partial charge in [0.15, 0.2) is 0 Å². The molecule has 124 valence electrons. The van der Waals surface area contributed by atoms with Crippen LogP contribution in [0.1, 0.15) is 15.9 Å². The van der Waals surface area contributed by atoms with E-state index < -0.39 is 0 Å². The van der Waals surface area contributed by atoms with Crippen LogP contribution in [0.25, 0.3) is 5.69 Å². The molecule has 0 aliphatic carbocycles. The average molecular weight is 331 g/mol. The van der Waals surface area contributed by atoms with E-state index >= 15 is 0 Å². The van der Waals surface area contributed by atoms with Crippen molar-refractivity contribution in [3.05, 3.63) is 78.4 Å². The van der Waals surface area contributed by atoms with Crippen LogP contribution in [0, 0.1) is 0 Å². The van der Waals surface area contributed by atoms with Crippen LogP contribution in [0.2, 0.25) is 0 Å². The maximum Gasteiger partial charge on any atom is 0.255 e. The topological polar surface area (TPSA) is 71.3 Å². The molecule has 0 bridgehead atoms. The molecular formula is C19H17N5O. The van der Waals surface area contributed by atoms with E-state index in [1.165, 1.54) is 0 Å². The molecular weight excluding hydrogens is 314 g/mol. The van der Waals surface area contributed by atoms with Crippen LogP contribution in [0.15, 0.2) is 72.2 Å². The van der Waals surface area contributed by atoms with E-state index in [2.05, 4.69) is 20.6 Å². The van der Waals surface area contributed by atoms with E-state index in [0.717, 1.165) is 35.9 Å². The number of benzene rings is 2. The van der Waals surface area contributed by atoms with Gasteiger partial charge in [-0.2, -0.15) is 0 Å². The molecule has 2 N–H and O–H groups in total. The van der Waals surface area contributed by atoms with Gasteiger partial charge in [0.2, 0.25) is 0 Å². The Hall–Kier alpha value is -3.41. The largest absolute Gasteiger partial charge is 0.368 e. The molecule has 3 aromatic rings. The Labute approximate surface area is 145 Å². The molecule has 1 aliphatic rings. The molecule has 0 radical (unpaired) electrons. The minimum absolute atomic E-state index is 0.150. The molecule has 0 saturated carbocycles. The van der Waals surface area contributed by atoms with Crippen molar-refractivity contribution in [2.45, 2.75) is 0 Å². The van der Waals surface area contributed by atoms with Crippen LogP contribution < -0.4 is 10.6 Å². The summed E-state index contributed by atoms with van der Waals surface area (Å²) in [5.74, 6) is 0.676. The average Bonchev–Trinajstić information content (AvgIpc) is 3.36. The number of amidine groups is 1. The van der Waals surface area contributed by atoms with Crippen molar-refractivity contribution in [1.29, 1.82) is 0 Å². The first kappa shape index (κ1) is 15.1. The molecule has 0 saturated heterocycles. The number of aliphatic imine (C=N–C) groups is 1. The number of hydrogen-bond donors (Lipinski definition) is 2. The summed E-state index contributed by atoms with van der Waals surface area (Å²) in [5, 5.41) is 6.22. The highest BCUT2D eigenvalue weighted by atomic mass is 16.1. The molecule has 0 spiro atoms. The normalized spacial score (nSPS) is 13.2. The summed E-state index contributed by atoms with van der Waals surface area (Å²) in [7, 11) is 0. The molecule has 0 unspecified atom stereocenters. The molecule has 6 heteroatoms. The molecule has 1 aromatic heterocycles. The van der Waals surface area contributed by atoms with E-state index in [-0.39, 0.29) is 5.91 Å². The minimum atomic E-state index is -0.150. The summed E-state index contributed by atoms with van der Waals surface area (Å²) in [6.07, 6.45) is 5.30. The number of amides is 1. The van der Waals surface area contributed by atoms with Crippen LogP contribution in [0.5, 0.6) is 0 Å². The van der Waals surface area contributed by atoms with Crippen molar-refractivity contribution >= 4 is 17.4 Å². The standard InChI is InChI=1S/C19H17N5O/c25-19(14-5-7-15(8-6-14)24-12-11-20-13-24)23-17-4-2-1-3-16(17)18-21-9-10-22-18/h1-8,11-13H,9-10H2,(H,21,22)(H,23,25). The third kappa shape index (κ3) is 3.14. The summed E-state index contributed by atoms with van der Waals surface area (Å²) in [4.78, 5) is 21.0. The second-order valence-electron chi connectivity index (χ2n) is 5.67. The predicted octanol–water partition coefficient (Wildman–Crippen LogP) is 2.47. The number of para-hydroxylation sites is 1. The van der Waals surface area contributed by atoms with Gasteiger partial charge in [-0.15, -0.1) is 0 Å². The lowest BCUT2D eigenvalue weighted by Crippen LogP contribution is -2.22. The highest BCUT2D eigenvalue weighted by Gasteiger charge is 2.14. The first-order chi connectivity index (χ1) is 12.3. The van der Waals surface area contributed by atoms with Crippen molar-refractivity contribution in [2.24, 2.45) is 4.99 Å². The Morgan fingerprint density at radius 1 is 1.12 bits per heavy atom. The zero-order valence-corrected chi connectivity index (χ0v) is 13.5. The second-order valence-corrected chi connectivity index (χ2v) is 5.67. The van der Waals surface area contributed by atoms with Crippen LogP contribution in [0.3, 0.4) is 0 Å². The number of nitrogens with zero attached hydrogens (tertiary/aromatic N) is 3. The van der Waals surface area contributed by atoms with Gasteiger partial charge < -0.3 is 15.2 Å². The summed E-state index contributed by atoms with van der Waals surface area (Å²) < 4.78 is 1.89. The highest BCUT2D eigenvalue weighted by molar-refractivity contribution is 6.10. The summed E-state index contributed by atoms with van der Waals surface area (Å²) in [5.41, 5.74) is 3.21. The van der Waals surface area contributed by atoms with Crippen molar-refractivity contribution in [2.75, 3.05) is 18.4 Å². The lowest BCUT2D eigenvalue weighted by Gasteiger charge is -2.12. The quantitative estimate of drug-likeness (QED) is 0.771. The molecule has 1 aliphatic heterocycles. The number of nitrogens with one attached hydrogen (secondary N) is 2. The SMILES string of the molecule is O=C(Nc1ccccc1C1=NCCN1)c1ccc(-n2ccnc2)cc1. The molecule has 2 aromatic carbocycles. The zero-order chi connectivity index (χ0) is 17.1. The van der Waals surface area contributed by atoms with Gasteiger partial charge in [0.25, 0.3) is 5.91 Å². The molecule has 4 rings (SSSR count). The molecule has 25 heavy (non-hydrogen) atoms. The molecule has 1 amide bonds. The first-order valence-electron chi connectivity index (χ1n) is 8.09. The molecule has 0 atom stereocenters. The fraction of sp³-hybridized carbons (Fsp3) is 0.105. The number of imidazole rings is 1. The number of carbonyl (C=O) groups excluding carboxylic acids is 1. The van der Waals surface area contributed by atoms with Gasteiger partial charge in [0.1, 0.15) is 5.84 Å². The first-order valence-corrected chi connectivity index (χ1v) is 8.09. The van der Waals surface area contributed by atoms with Gasteiger partial charge >= 0.3 is 0 Å². The van der Waals surface area contributed by atoms with Gasteiger partial charge in [0, 0.05) is 35.8 Å². The second kappa shape index (κ2) is 6.60. The smallest absolute Gasteiger partial charge is 0.255 e. The number of aromatic nitrogens is 2. The number of rotatable bonds is 4. The van der Waals surface area contributed by atoms with E-state index in [1.807, 2.05) is 47.2 Å². The number of anilines is 1. The predicted molar refractivity (Wildman–Crippen MR) is 97.4 cm³/mol. The Kier molecular flexibility index (Phi) is 4.00. The summed E-state index contributed by atoms with van der Waals surface area (Å²) in [6.45, 7) is 1.58. The van der Waals surface area contributed by atoms with Gasteiger partial charge in [-0.3, -0.25) is 9.79 Å².